The molecular weight excluding hydrogens is 258 g/mol. The van der Waals surface area contributed by atoms with Gasteiger partial charge in [-0.15, -0.1) is 11.3 Å². The van der Waals surface area contributed by atoms with Crippen molar-refractivity contribution in [1.82, 2.24) is 4.98 Å². The van der Waals surface area contributed by atoms with Crippen molar-refractivity contribution in [3.05, 3.63) is 35.2 Å². The highest BCUT2D eigenvalue weighted by Gasteiger charge is 2.15. The molecule has 0 atom stereocenters. The zero-order chi connectivity index (χ0) is 13.1. The van der Waals surface area contributed by atoms with Crippen molar-refractivity contribution in [2.75, 3.05) is 31.2 Å². The van der Waals surface area contributed by atoms with E-state index >= 15 is 0 Å². The predicted molar refractivity (Wildman–Crippen MR) is 75.3 cm³/mol. The highest BCUT2D eigenvalue weighted by Crippen LogP contribution is 2.28. The van der Waals surface area contributed by atoms with Gasteiger partial charge in [0.2, 0.25) is 0 Å². The van der Waals surface area contributed by atoms with Gasteiger partial charge in [0.05, 0.1) is 30.5 Å². The lowest BCUT2D eigenvalue weighted by molar-refractivity contribution is 0.122. The van der Waals surface area contributed by atoms with E-state index in [0.29, 0.717) is 5.56 Å². The van der Waals surface area contributed by atoms with Crippen molar-refractivity contribution < 1.29 is 4.74 Å². The fourth-order valence-corrected chi connectivity index (χ4v) is 2.93. The molecule has 0 N–H and O–H groups in total. The first kappa shape index (κ1) is 12.2. The fraction of sp³-hybridized carbons (Fsp3) is 0.286. The van der Waals surface area contributed by atoms with Crippen LogP contribution in [0.4, 0.5) is 5.13 Å². The van der Waals surface area contributed by atoms with E-state index in [9.17, 15) is 0 Å². The van der Waals surface area contributed by atoms with Crippen LogP contribution in [0.2, 0.25) is 0 Å². The maximum atomic E-state index is 8.93. The van der Waals surface area contributed by atoms with E-state index in [1.807, 2.05) is 23.6 Å². The Labute approximate surface area is 115 Å². The smallest absolute Gasteiger partial charge is 0.186 e. The lowest BCUT2D eigenvalue weighted by Crippen LogP contribution is -2.36. The normalized spacial score (nSPS) is 15.2. The average molecular weight is 271 g/mol. The molecule has 1 saturated heterocycles. The Morgan fingerprint density at radius 1 is 1.32 bits per heavy atom. The summed E-state index contributed by atoms with van der Waals surface area (Å²) in [6.07, 6.45) is 0. The van der Waals surface area contributed by atoms with Crippen LogP contribution in [0, 0.1) is 11.3 Å². The van der Waals surface area contributed by atoms with Gasteiger partial charge in [-0.05, 0) is 12.1 Å². The van der Waals surface area contributed by atoms with E-state index in [1.54, 1.807) is 17.4 Å². The Morgan fingerprint density at radius 3 is 2.95 bits per heavy atom. The number of morpholine rings is 1. The molecule has 1 aliphatic heterocycles. The second kappa shape index (κ2) is 5.39. The minimum atomic E-state index is 0.665. The summed E-state index contributed by atoms with van der Waals surface area (Å²) in [6.45, 7) is 3.31. The lowest BCUT2D eigenvalue weighted by atomic mass is 10.1. The largest absolute Gasteiger partial charge is 0.378 e. The van der Waals surface area contributed by atoms with Crippen LogP contribution in [0.3, 0.4) is 0 Å². The van der Waals surface area contributed by atoms with Crippen molar-refractivity contribution in [3.63, 3.8) is 0 Å². The molecule has 0 aliphatic carbocycles. The minimum Gasteiger partial charge on any atom is -0.378 e. The third kappa shape index (κ3) is 2.60. The number of nitrogens with zero attached hydrogens (tertiary/aromatic N) is 3. The van der Waals surface area contributed by atoms with Crippen molar-refractivity contribution in [1.29, 1.82) is 5.26 Å². The van der Waals surface area contributed by atoms with Gasteiger partial charge in [-0.2, -0.15) is 5.26 Å². The monoisotopic (exact) mass is 271 g/mol. The summed E-state index contributed by atoms with van der Waals surface area (Å²) < 4.78 is 5.34. The van der Waals surface area contributed by atoms with Gasteiger partial charge in [0.15, 0.2) is 5.13 Å². The number of nitriles is 1. The molecule has 19 heavy (non-hydrogen) atoms. The van der Waals surface area contributed by atoms with Crippen LogP contribution in [0.25, 0.3) is 11.3 Å². The summed E-state index contributed by atoms with van der Waals surface area (Å²) in [7, 11) is 0. The molecule has 1 aromatic carbocycles. The molecule has 0 radical (unpaired) electrons. The quantitative estimate of drug-likeness (QED) is 0.842. The van der Waals surface area contributed by atoms with Crippen LogP contribution in [0.1, 0.15) is 5.56 Å². The van der Waals surface area contributed by atoms with Crippen molar-refractivity contribution >= 4 is 16.5 Å². The molecule has 1 aromatic heterocycles. The summed E-state index contributed by atoms with van der Waals surface area (Å²) in [5.74, 6) is 0. The zero-order valence-electron chi connectivity index (χ0n) is 10.4. The van der Waals surface area contributed by atoms with Crippen molar-refractivity contribution in [3.8, 4) is 17.3 Å². The second-order valence-electron chi connectivity index (χ2n) is 4.31. The first-order valence-corrected chi connectivity index (χ1v) is 7.03. The Kier molecular flexibility index (Phi) is 3.45. The molecule has 0 amide bonds. The molecule has 1 aliphatic rings. The third-order valence-corrected chi connectivity index (χ3v) is 3.96. The van der Waals surface area contributed by atoms with Crippen LogP contribution in [0.15, 0.2) is 29.6 Å². The number of benzene rings is 1. The van der Waals surface area contributed by atoms with Crippen LogP contribution >= 0.6 is 11.3 Å². The van der Waals surface area contributed by atoms with Crippen LogP contribution in [0.5, 0.6) is 0 Å². The fourth-order valence-electron chi connectivity index (χ4n) is 2.04. The highest BCUT2D eigenvalue weighted by molar-refractivity contribution is 7.14. The number of aromatic nitrogens is 1. The van der Waals surface area contributed by atoms with Crippen LogP contribution in [-0.2, 0) is 4.74 Å². The molecule has 3 rings (SSSR count). The van der Waals surface area contributed by atoms with Gasteiger partial charge in [0, 0.05) is 24.0 Å². The van der Waals surface area contributed by atoms with Gasteiger partial charge in [-0.25, -0.2) is 4.98 Å². The SMILES string of the molecule is N#Cc1cccc(-c2csc(N3CCOCC3)n2)c1. The lowest BCUT2D eigenvalue weighted by Gasteiger charge is -2.26. The summed E-state index contributed by atoms with van der Waals surface area (Å²) in [6, 6.07) is 9.71. The van der Waals surface area contributed by atoms with E-state index in [0.717, 1.165) is 42.7 Å². The highest BCUT2D eigenvalue weighted by atomic mass is 32.1. The summed E-state index contributed by atoms with van der Waals surface area (Å²) in [5.41, 5.74) is 2.59. The van der Waals surface area contributed by atoms with Gasteiger partial charge >= 0.3 is 0 Å². The Morgan fingerprint density at radius 2 is 2.16 bits per heavy atom. The first-order valence-electron chi connectivity index (χ1n) is 6.15. The molecule has 0 bridgehead atoms. The molecule has 1 fully saturated rings. The van der Waals surface area contributed by atoms with E-state index < -0.39 is 0 Å². The van der Waals surface area contributed by atoms with Crippen molar-refractivity contribution in [2.24, 2.45) is 0 Å². The average Bonchev–Trinajstić information content (AvgIpc) is 2.98. The number of hydrogen-bond donors (Lipinski definition) is 0. The maximum absolute atomic E-state index is 8.93. The number of thiazole rings is 1. The van der Waals surface area contributed by atoms with Gasteiger partial charge in [0.1, 0.15) is 0 Å². The molecule has 2 aromatic rings. The molecule has 2 heterocycles. The van der Waals surface area contributed by atoms with E-state index in [2.05, 4.69) is 16.0 Å². The number of rotatable bonds is 2. The molecule has 5 heteroatoms. The topological polar surface area (TPSA) is 49.2 Å². The molecule has 0 spiro atoms. The standard InChI is InChI=1S/C14H13N3OS/c15-9-11-2-1-3-12(8-11)13-10-19-14(16-13)17-4-6-18-7-5-17/h1-3,8,10H,4-7H2. The number of hydrogen-bond acceptors (Lipinski definition) is 5. The van der Waals surface area contributed by atoms with Gasteiger partial charge < -0.3 is 9.64 Å². The Balaban J connectivity index is 1.86. The van der Waals surface area contributed by atoms with Gasteiger partial charge in [-0.3, -0.25) is 0 Å². The summed E-state index contributed by atoms with van der Waals surface area (Å²) >= 11 is 1.64. The Hall–Kier alpha value is -1.90. The predicted octanol–water partition coefficient (Wildman–Crippen LogP) is 2.52. The number of ether oxygens (including phenoxy) is 1. The van der Waals surface area contributed by atoms with E-state index in [4.69, 9.17) is 10.00 Å². The summed E-state index contributed by atoms with van der Waals surface area (Å²) in [5, 5.41) is 12.0. The van der Waals surface area contributed by atoms with Gasteiger partial charge in [0.25, 0.3) is 0 Å². The van der Waals surface area contributed by atoms with E-state index in [-0.39, 0.29) is 0 Å². The maximum Gasteiger partial charge on any atom is 0.186 e. The second-order valence-corrected chi connectivity index (χ2v) is 5.14. The van der Waals surface area contributed by atoms with Gasteiger partial charge in [-0.1, -0.05) is 12.1 Å². The zero-order valence-corrected chi connectivity index (χ0v) is 11.2. The van der Waals surface area contributed by atoms with E-state index in [1.165, 1.54) is 0 Å². The third-order valence-electron chi connectivity index (χ3n) is 3.06. The minimum absolute atomic E-state index is 0.665. The first-order chi connectivity index (χ1) is 9.36. The summed E-state index contributed by atoms with van der Waals surface area (Å²) in [4.78, 5) is 6.90. The molecule has 96 valence electrons. The molecule has 0 unspecified atom stereocenters. The molecule has 4 nitrogen and oxygen atoms in total. The van der Waals surface area contributed by atoms with Crippen LogP contribution < -0.4 is 4.90 Å². The van der Waals surface area contributed by atoms with Crippen molar-refractivity contribution in [2.45, 2.75) is 0 Å². The molecule has 0 saturated carbocycles. The Bertz CT molecular complexity index is 611. The molecular formula is C14H13N3OS. The van der Waals surface area contributed by atoms with Crippen LogP contribution in [-0.4, -0.2) is 31.3 Å². The number of anilines is 1.